The van der Waals surface area contributed by atoms with Crippen molar-refractivity contribution < 1.29 is 39.1 Å². The Kier molecular flexibility index (Phi) is 4.36. The minimum Gasteiger partial charge on any atom is -0.508 e. The van der Waals surface area contributed by atoms with Crippen molar-refractivity contribution >= 4 is 5.97 Å². The van der Waals surface area contributed by atoms with E-state index in [1.165, 1.54) is 33.5 Å². The Morgan fingerprint density at radius 1 is 1.14 bits per heavy atom. The quantitative estimate of drug-likeness (QED) is 0.658. The lowest BCUT2D eigenvalue weighted by molar-refractivity contribution is -0.160. The first kappa shape index (κ1) is 19.4. The third-order valence-electron chi connectivity index (χ3n) is 5.93. The van der Waals surface area contributed by atoms with E-state index in [2.05, 4.69) is 0 Å². The Bertz CT molecular complexity index is 956. The van der Waals surface area contributed by atoms with E-state index in [9.17, 15) is 20.1 Å². The van der Waals surface area contributed by atoms with Crippen LogP contribution in [0.4, 0.5) is 0 Å². The Morgan fingerprint density at radius 3 is 2.41 bits per heavy atom. The summed E-state index contributed by atoms with van der Waals surface area (Å²) in [6.07, 6.45) is -1.57. The van der Waals surface area contributed by atoms with Crippen molar-refractivity contribution in [2.24, 2.45) is 5.92 Å². The van der Waals surface area contributed by atoms with Gasteiger partial charge >= 0.3 is 5.97 Å². The molecule has 1 aliphatic heterocycles. The molecule has 4 rings (SSSR count). The van der Waals surface area contributed by atoms with Gasteiger partial charge in [0.05, 0.1) is 32.8 Å². The van der Waals surface area contributed by atoms with Crippen LogP contribution in [0.2, 0.25) is 0 Å². The number of aliphatic hydroxyl groups is 2. The zero-order valence-electron chi connectivity index (χ0n) is 16.2. The van der Waals surface area contributed by atoms with Crippen LogP contribution in [-0.2, 0) is 20.7 Å². The molecule has 3 N–H and O–H groups in total. The molecule has 0 saturated heterocycles. The lowest BCUT2D eigenvalue weighted by Gasteiger charge is -2.37. The van der Waals surface area contributed by atoms with Gasteiger partial charge in [-0.3, -0.25) is 4.79 Å². The number of carbonyl (C=O) groups is 1. The number of hydrogen-bond donors (Lipinski definition) is 3. The molecule has 2 aliphatic rings. The largest absolute Gasteiger partial charge is 0.508 e. The fourth-order valence-electron chi connectivity index (χ4n) is 4.58. The van der Waals surface area contributed by atoms with E-state index in [0.717, 1.165) is 0 Å². The van der Waals surface area contributed by atoms with Crippen LogP contribution in [0.5, 0.6) is 23.0 Å². The van der Waals surface area contributed by atoms with Gasteiger partial charge in [-0.25, -0.2) is 0 Å². The van der Waals surface area contributed by atoms with Crippen LogP contribution in [0.15, 0.2) is 36.4 Å². The number of methoxy groups -OCH3 is 3. The molecule has 1 fully saturated rings. The van der Waals surface area contributed by atoms with Crippen LogP contribution < -0.4 is 14.2 Å². The second-order valence-corrected chi connectivity index (χ2v) is 7.22. The normalized spacial score (nSPS) is 29.6. The van der Waals surface area contributed by atoms with Gasteiger partial charge in [0.1, 0.15) is 29.1 Å². The van der Waals surface area contributed by atoms with Gasteiger partial charge < -0.3 is 34.3 Å². The number of aliphatic hydroxyl groups excluding tert-OH is 1. The number of aromatic hydroxyl groups is 1. The molecular formula is C21H22O8. The predicted molar refractivity (Wildman–Crippen MR) is 100.0 cm³/mol. The molecule has 0 amide bonds. The first-order valence-corrected chi connectivity index (χ1v) is 9.05. The van der Waals surface area contributed by atoms with Gasteiger partial charge in [-0.2, -0.15) is 0 Å². The Morgan fingerprint density at radius 2 is 1.83 bits per heavy atom. The number of hydrogen-bond acceptors (Lipinski definition) is 8. The minimum atomic E-state index is -2.02. The third kappa shape index (κ3) is 2.42. The number of ether oxygens (including phenoxy) is 4. The van der Waals surface area contributed by atoms with Crippen LogP contribution in [0.25, 0.3) is 0 Å². The van der Waals surface area contributed by atoms with E-state index in [0.29, 0.717) is 11.3 Å². The van der Waals surface area contributed by atoms with E-state index in [4.69, 9.17) is 18.9 Å². The number of benzene rings is 2. The molecular weight excluding hydrogens is 380 g/mol. The van der Waals surface area contributed by atoms with E-state index >= 15 is 0 Å². The van der Waals surface area contributed by atoms with Crippen molar-refractivity contribution in [1.82, 2.24) is 0 Å². The van der Waals surface area contributed by atoms with Crippen molar-refractivity contribution in [3.63, 3.8) is 0 Å². The summed E-state index contributed by atoms with van der Waals surface area (Å²) in [7, 11) is 4.14. The topological polar surface area (TPSA) is 115 Å². The van der Waals surface area contributed by atoms with Crippen LogP contribution in [0, 0.1) is 5.92 Å². The van der Waals surface area contributed by atoms with E-state index in [1.807, 2.05) is 0 Å². The Hall–Kier alpha value is -2.97. The fraction of sp³-hybridized carbons (Fsp3) is 0.381. The number of phenols is 1. The number of phenolic OH excluding ortho intramolecular Hbond substituents is 1. The van der Waals surface area contributed by atoms with Crippen molar-refractivity contribution in [3.8, 4) is 23.0 Å². The van der Waals surface area contributed by atoms with E-state index < -0.39 is 29.2 Å². The molecule has 0 radical (unpaired) electrons. The van der Waals surface area contributed by atoms with Crippen LogP contribution in [-0.4, -0.2) is 48.7 Å². The summed E-state index contributed by atoms with van der Waals surface area (Å²) >= 11 is 0. The van der Waals surface area contributed by atoms with Gasteiger partial charge in [0.25, 0.3) is 0 Å². The van der Waals surface area contributed by atoms with Gasteiger partial charge in [0.2, 0.25) is 0 Å². The maximum absolute atomic E-state index is 12.4. The first-order chi connectivity index (χ1) is 13.8. The SMILES string of the molecule is COC(=O)[C@@H]1C[C@]2(c3ccc(OC)cc3)Oc3cc(O)cc(OC)c3[C@]2(O)[C@@H]1O. The molecule has 2 aromatic carbocycles. The molecule has 0 aromatic heterocycles. The average Bonchev–Trinajstić information content (AvgIpc) is 3.11. The van der Waals surface area contributed by atoms with Gasteiger partial charge in [-0.15, -0.1) is 0 Å². The molecule has 0 spiro atoms. The summed E-state index contributed by atoms with van der Waals surface area (Å²) in [5.74, 6) is -0.893. The lowest BCUT2D eigenvalue weighted by atomic mass is 9.76. The van der Waals surface area contributed by atoms with Gasteiger partial charge in [-0.1, -0.05) is 12.1 Å². The zero-order chi connectivity index (χ0) is 21.0. The highest BCUT2D eigenvalue weighted by atomic mass is 16.5. The first-order valence-electron chi connectivity index (χ1n) is 9.05. The summed E-state index contributed by atoms with van der Waals surface area (Å²) in [5.41, 5.74) is -2.81. The van der Waals surface area contributed by atoms with Crippen molar-refractivity contribution in [3.05, 3.63) is 47.5 Å². The van der Waals surface area contributed by atoms with E-state index in [-0.39, 0.29) is 29.2 Å². The minimum absolute atomic E-state index is 0.0394. The zero-order valence-corrected chi connectivity index (χ0v) is 16.2. The highest BCUT2D eigenvalue weighted by molar-refractivity contribution is 5.76. The number of rotatable bonds is 4. The maximum Gasteiger partial charge on any atom is 0.311 e. The highest BCUT2D eigenvalue weighted by Gasteiger charge is 2.73. The molecule has 1 saturated carbocycles. The second kappa shape index (κ2) is 6.53. The van der Waals surface area contributed by atoms with Crippen molar-refractivity contribution in [1.29, 1.82) is 0 Å². The molecule has 2 aromatic rings. The fourth-order valence-corrected chi connectivity index (χ4v) is 4.58. The van der Waals surface area contributed by atoms with Gasteiger partial charge in [-0.05, 0) is 17.7 Å². The summed E-state index contributed by atoms with van der Waals surface area (Å²) in [4.78, 5) is 12.4. The summed E-state index contributed by atoms with van der Waals surface area (Å²) in [6, 6.07) is 9.47. The Labute approximate surface area is 167 Å². The predicted octanol–water partition coefficient (Wildman–Crippen LogP) is 1.44. The molecule has 1 aliphatic carbocycles. The number of esters is 1. The monoisotopic (exact) mass is 402 g/mol. The van der Waals surface area contributed by atoms with E-state index in [1.54, 1.807) is 24.3 Å². The van der Waals surface area contributed by atoms with Crippen LogP contribution >= 0.6 is 0 Å². The molecule has 0 unspecified atom stereocenters. The van der Waals surface area contributed by atoms with Crippen LogP contribution in [0.3, 0.4) is 0 Å². The van der Waals surface area contributed by atoms with Crippen molar-refractivity contribution in [2.45, 2.75) is 23.7 Å². The maximum atomic E-state index is 12.4. The molecule has 4 atom stereocenters. The number of fused-ring (bicyclic) bond motifs is 3. The van der Waals surface area contributed by atoms with Crippen molar-refractivity contribution in [2.75, 3.05) is 21.3 Å². The molecule has 1 heterocycles. The average molecular weight is 402 g/mol. The second-order valence-electron chi connectivity index (χ2n) is 7.22. The molecule has 0 bridgehead atoms. The summed E-state index contributed by atoms with van der Waals surface area (Å²) in [5, 5.41) is 33.1. The lowest BCUT2D eigenvalue weighted by Crippen LogP contribution is -2.50. The molecule has 154 valence electrons. The van der Waals surface area contributed by atoms with Crippen LogP contribution in [0.1, 0.15) is 17.5 Å². The highest BCUT2D eigenvalue weighted by Crippen LogP contribution is 2.65. The van der Waals surface area contributed by atoms with Gasteiger partial charge in [0.15, 0.2) is 11.2 Å². The molecule has 8 heteroatoms. The smallest absolute Gasteiger partial charge is 0.311 e. The number of carbonyl (C=O) groups excluding carboxylic acids is 1. The third-order valence-corrected chi connectivity index (χ3v) is 5.93. The Balaban J connectivity index is 1.97. The summed E-state index contributed by atoms with van der Waals surface area (Å²) < 4.78 is 21.6. The molecule has 29 heavy (non-hydrogen) atoms. The summed E-state index contributed by atoms with van der Waals surface area (Å²) in [6.45, 7) is 0. The molecule has 8 nitrogen and oxygen atoms in total. The standard InChI is InChI=1S/C21H22O8/c1-26-13-6-4-11(5-7-13)20-10-14(19(24)28-3)18(23)21(20,25)17-15(27-2)8-12(22)9-16(17)29-20/h4-9,14,18,22-23,25H,10H2,1-3H3/t14-,18-,20-,21+/m1/s1. The van der Waals surface area contributed by atoms with Gasteiger partial charge in [0, 0.05) is 18.6 Å².